The van der Waals surface area contributed by atoms with E-state index in [9.17, 15) is 9.59 Å². The maximum atomic E-state index is 11.9. The predicted molar refractivity (Wildman–Crippen MR) is 68.9 cm³/mol. The summed E-state index contributed by atoms with van der Waals surface area (Å²) in [4.78, 5) is 32.8. The Bertz CT molecular complexity index is 621. The molecule has 1 amide bonds. The van der Waals surface area contributed by atoms with Gasteiger partial charge in [-0.1, -0.05) is 0 Å². The number of aromatic carboxylic acids is 1. The number of imidazole rings is 1. The molecule has 0 bridgehead atoms. The second-order valence-corrected chi connectivity index (χ2v) is 3.70. The molecule has 8 heteroatoms. The van der Waals surface area contributed by atoms with Crippen LogP contribution in [0.25, 0.3) is 0 Å². The van der Waals surface area contributed by atoms with Gasteiger partial charge in [0.1, 0.15) is 0 Å². The lowest BCUT2D eigenvalue weighted by atomic mass is 10.3. The highest BCUT2D eigenvalue weighted by Gasteiger charge is 2.19. The number of amides is 1. The summed E-state index contributed by atoms with van der Waals surface area (Å²) in [5.74, 6) is -1.44. The first-order valence-corrected chi connectivity index (χ1v) is 5.78. The van der Waals surface area contributed by atoms with Gasteiger partial charge in [-0.05, 0) is 13.0 Å². The van der Waals surface area contributed by atoms with Gasteiger partial charge in [0.05, 0.1) is 24.8 Å². The molecule has 0 aliphatic carbocycles. The molecule has 0 saturated heterocycles. The third kappa shape index (κ3) is 2.91. The van der Waals surface area contributed by atoms with E-state index < -0.39 is 11.9 Å². The number of anilines is 1. The van der Waals surface area contributed by atoms with E-state index in [1.807, 2.05) is 6.92 Å². The van der Waals surface area contributed by atoms with Gasteiger partial charge in [0.25, 0.3) is 5.91 Å². The van der Waals surface area contributed by atoms with Crippen molar-refractivity contribution in [1.29, 1.82) is 0 Å². The summed E-state index contributed by atoms with van der Waals surface area (Å²) in [6.07, 6.45) is 2.56. The molecule has 0 saturated carbocycles. The lowest BCUT2D eigenvalue weighted by Crippen LogP contribution is -2.16. The number of pyridine rings is 1. The molecule has 2 aromatic heterocycles. The quantitative estimate of drug-likeness (QED) is 0.754. The van der Waals surface area contributed by atoms with Crippen LogP contribution in [0.4, 0.5) is 5.69 Å². The summed E-state index contributed by atoms with van der Waals surface area (Å²) in [7, 11) is 0. The van der Waals surface area contributed by atoms with Crippen LogP contribution in [0.3, 0.4) is 0 Å². The SMILES string of the molecule is CCOc1ccc(NC(=O)c2nc[nH]c2C(=O)O)cn1. The lowest BCUT2D eigenvalue weighted by molar-refractivity contribution is 0.0686. The maximum absolute atomic E-state index is 11.9. The van der Waals surface area contributed by atoms with Crippen LogP contribution in [0.1, 0.15) is 27.9 Å². The normalized spacial score (nSPS) is 10.1. The second kappa shape index (κ2) is 5.83. The molecule has 104 valence electrons. The predicted octanol–water partition coefficient (Wildman–Crippen LogP) is 1.15. The van der Waals surface area contributed by atoms with Crippen molar-refractivity contribution in [3.63, 3.8) is 0 Å². The Balaban J connectivity index is 2.11. The first kappa shape index (κ1) is 13.5. The molecule has 0 unspecified atom stereocenters. The van der Waals surface area contributed by atoms with Crippen LogP contribution in [0.15, 0.2) is 24.7 Å². The smallest absolute Gasteiger partial charge is 0.354 e. The third-order valence-corrected chi connectivity index (χ3v) is 2.35. The summed E-state index contributed by atoms with van der Waals surface area (Å²) in [6, 6.07) is 3.20. The monoisotopic (exact) mass is 276 g/mol. The molecule has 0 aromatic carbocycles. The molecule has 3 N–H and O–H groups in total. The van der Waals surface area contributed by atoms with Gasteiger partial charge in [0.15, 0.2) is 11.4 Å². The molecule has 2 heterocycles. The average Bonchev–Trinajstić information content (AvgIpc) is 2.91. The van der Waals surface area contributed by atoms with Crippen LogP contribution in [0, 0.1) is 0 Å². The highest BCUT2D eigenvalue weighted by Crippen LogP contribution is 2.13. The van der Waals surface area contributed by atoms with Gasteiger partial charge in [-0.2, -0.15) is 0 Å². The van der Waals surface area contributed by atoms with E-state index in [4.69, 9.17) is 9.84 Å². The Morgan fingerprint density at radius 2 is 2.20 bits per heavy atom. The van der Waals surface area contributed by atoms with Crippen LogP contribution < -0.4 is 10.1 Å². The molecule has 2 rings (SSSR count). The van der Waals surface area contributed by atoms with Crippen LogP contribution >= 0.6 is 0 Å². The van der Waals surface area contributed by atoms with Crippen molar-refractivity contribution in [1.82, 2.24) is 15.0 Å². The number of carbonyl (C=O) groups excluding carboxylic acids is 1. The Kier molecular flexibility index (Phi) is 3.94. The Hall–Kier alpha value is -2.90. The number of carboxylic acids is 1. The fourth-order valence-electron chi connectivity index (χ4n) is 1.51. The average molecular weight is 276 g/mol. The van der Waals surface area contributed by atoms with E-state index in [0.29, 0.717) is 18.2 Å². The van der Waals surface area contributed by atoms with Crippen LogP contribution in [-0.4, -0.2) is 38.5 Å². The van der Waals surface area contributed by atoms with E-state index in [1.54, 1.807) is 12.1 Å². The minimum atomic E-state index is -1.25. The molecule has 8 nitrogen and oxygen atoms in total. The summed E-state index contributed by atoms with van der Waals surface area (Å²) in [5.41, 5.74) is -0.0365. The topological polar surface area (TPSA) is 117 Å². The zero-order valence-corrected chi connectivity index (χ0v) is 10.6. The Labute approximate surface area is 113 Å². The van der Waals surface area contributed by atoms with Gasteiger partial charge in [-0.25, -0.2) is 14.8 Å². The minimum absolute atomic E-state index is 0.189. The molecule has 20 heavy (non-hydrogen) atoms. The van der Waals surface area contributed by atoms with E-state index in [0.717, 1.165) is 6.33 Å². The van der Waals surface area contributed by atoms with Crippen LogP contribution in [-0.2, 0) is 0 Å². The molecule has 0 radical (unpaired) electrons. The highest BCUT2D eigenvalue weighted by molar-refractivity contribution is 6.08. The van der Waals surface area contributed by atoms with Crippen molar-refractivity contribution in [2.24, 2.45) is 0 Å². The summed E-state index contributed by atoms with van der Waals surface area (Å²) in [6.45, 7) is 2.33. The number of aromatic amines is 1. The van der Waals surface area contributed by atoms with Gasteiger partial charge in [0.2, 0.25) is 5.88 Å². The molecule has 0 aliphatic heterocycles. The van der Waals surface area contributed by atoms with Crippen molar-refractivity contribution in [2.45, 2.75) is 6.92 Å². The molecular formula is C12H12N4O4. The minimum Gasteiger partial charge on any atom is -0.478 e. The third-order valence-electron chi connectivity index (χ3n) is 2.35. The van der Waals surface area contributed by atoms with Crippen molar-refractivity contribution in [2.75, 3.05) is 11.9 Å². The first-order chi connectivity index (χ1) is 9.61. The number of carbonyl (C=O) groups is 2. The number of rotatable bonds is 5. The van der Waals surface area contributed by atoms with Gasteiger partial charge in [-0.3, -0.25) is 4.79 Å². The van der Waals surface area contributed by atoms with Crippen molar-refractivity contribution >= 4 is 17.6 Å². The number of hydrogen-bond acceptors (Lipinski definition) is 5. The summed E-state index contributed by atoms with van der Waals surface area (Å²) < 4.78 is 5.17. The maximum Gasteiger partial charge on any atom is 0.354 e. The van der Waals surface area contributed by atoms with Crippen LogP contribution in [0.2, 0.25) is 0 Å². The summed E-state index contributed by atoms with van der Waals surface area (Å²) in [5, 5.41) is 11.4. The van der Waals surface area contributed by atoms with Crippen molar-refractivity contribution in [3.05, 3.63) is 36.0 Å². The van der Waals surface area contributed by atoms with E-state index in [2.05, 4.69) is 20.3 Å². The Morgan fingerprint density at radius 1 is 1.40 bits per heavy atom. The molecular weight excluding hydrogens is 264 g/mol. The number of aromatic nitrogens is 3. The molecule has 0 atom stereocenters. The zero-order valence-electron chi connectivity index (χ0n) is 10.6. The zero-order chi connectivity index (χ0) is 14.5. The highest BCUT2D eigenvalue weighted by atomic mass is 16.5. The number of carboxylic acid groups (broad SMARTS) is 1. The molecule has 2 aromatic rings. The van der Waals surface area contributed by atoms with Gasteiger partial charge in [-0.15, -0.1) is 0 Å². The van der Waals surface area contributed by atoms with Crippen LogP contribution in [0.5, 0.6) is 5.88 Å². The fraction of sp³-hybridized carbons (Fsp3) is 0.167. The number of H-pyrrole nitrogens is 1. The largest absolute Gasteiger partial charge is 0.478 e. The van der Waals surface area contributed by atoms with E-state index in [-0.39, 0.29) is 11.4 Å². The van der Waals surface area contributed by atoms with Gasteiger partial charge < -0.3 is 20.1 Å². The second-order valence-electron chi connectivity index (χ2n) is 3.70. The molecule has 0 spiro atoms. The first-order valence-electron chi connectivity index (χ1n) is 5.78. The van der Waals surface area contributed by atoms with Crippen molar-refractivity contribution in [3.8, 4) is 5.88 Å². The number of nitrogens with zero attached hydrogens (tertiary/aromatic N) is 2. The lowest BCUT2D eigenvalue weighted by Gasteiger charge is -2.05. The Morgan fingerprint density at radius 3 is 2.80 bits per heavy atom. The van der Waals surface area contributed by atoms with Gasteiger partial charge >= 0.3 is 5.97 Å². The summed E-state index contributed by atoms with van der Waals surface area (Å²) >= 11 is 0. The van der Waals surface area contributed by atoms with Crippen molar-refractivity contribution < 1.29 is 19.4 Å². The van der Waals surface area contributed by atoms with E-state index >= 15 is 0 Å². The fourth-order valence-corrected chi connectivity index (χ4v) is 1.51. The molecule has 0 aliphatic rings. The standard InChI is InChI=1S/C12H12N4O4/c1-2-20-8-4-3-7(5-13-8)16-11(17)9-10(12(18)19)15-6-14-9/h3-6H,2H2,1H3,(H,14,15)(H,16,17)(H,18,19). The number of hydrogen-bond donors (Lipinski definition) is 3. The number of ether oxygens (including phenoxy) is 1. The molecule has 0 fully saturated rings. The van der Waals surface area contributed by atoms with Gasteiger partial charge in [0, 0.05) is 6.07 Å². The van der Waals surface area contributed by atoms with E-state index in [1.165, 1.54) is 6.20 Å². The number of nitrogens with one attached hydrogen (secondary N) is 2.